The highest BCUT2D eigenvalue weighted by molar-refractivity contribution is 5.93. The zero-order valence-corrected chi connectivity index (χ0v) is 15.2. The fourth-order valence-electron chi connectivity index (χ4n) is 3.93. The van der Waals surface area contributed by atoms with Crippen LogP contribution in [0.2, 0.25) is 0 Å². The van der Waals surface area contributed by atoms with Crippen LogP contribution in [0.5, 0.6) is 0 Å². The van der Waals surface area contributed by atoms with Gasteiger partial charge in [-0.2, -0.15) is 0 Å². The first-order valence-corrected chi connectivity index (χ1v) is 9.40. The largest absolute Gasteiger partial charge is 0.355 e. The van der Waals surface area contributed by atoms with Crippen molar-refractivity contribution in [3.8, 4) is 0 Å². The molecule has 2 aromatic rings. The minimum absolute atomic E-state index is 0.0378. The predicted octanol–water partition coefficient (Wildman–Crippen LogP) is 1.12. The zero-order chi connectivity index (χ0) is 17.9. The summed E-state index contributed by atoms with van der Waals surface area (Å²) in [7, 11) is 1.66. The number of piperidine rings is 1. The first-order chi connectivity index (χ1) is 12.7. The van der Waals surface area contributed by atoms with E-state index in [2.05, 4.69) is 42.4 Å². The van der Waals surface area contributed by atoms with Gasteiger partial charge in [0.1, 0.15) is 11.6 Å². The number of hydrogen-bond acceptors (Lipinski definition) is 5. The fraction of sp³-hybridized carbons (Fsp3) is 0.526. The standard InChI is InChI=1S/C19H26N6O/c1-20-19(26)16-4-2-14(3-5-16)13-24-9-6-15(7-10-24)18-23-22-17-12-21-8-11-25(17)18/h2-5,15,21H,6-13H2,1H3,(H,20,26). The van der Waals surface area contributed by atoms with Gasteiger partial charge in [-0.25, -0.2) is 0 Å². The van der Waals surface area contributed by atoms with Crippen molar-refractivity contribution < 1.29 is 4.79 Å². The van der Waals surface area contributed by atoms with Crippen LogP contribution >= 0.6 is 0 Å². The summed E-state index contributed by atoms with van der Waals surface area (Å²) in [5.41, 5.74) is 1.96. The second-order valence-electron chi connectivity index (χ2n) is 7.13. The molecule has 1 amide bonds. The lowest BCUT2D eigenvalue weighted by Crippen LogP contribution is -2.34. The lowest BCUT2D eigenvalue weighted by Gasteiger charge is -2.32. The number of fused-ring (bicyclic) bond motifs is 1. The summed E-state index contributed by atoms with van der Waals surface area (Å²) in [6, 6.07) is 7.91. The minimum atomic E-state index is -0.0378. The monoisotopic (exact) mass is 354 g/mol. The molecule has 2 aliphatic rings. The summed E-state index contributed by atoms with van der Waals surface area (Å²) in [5, 5.41) is 14.8. The summed E-state index contributed by atoms with van der Waals surface area (Å²) in [6.07, 6.45) is 2.25. The van der Waals surface area contributed by atoms with Crippen molar-refractivity contribution in [1.82, 2.24) is 30.3 Å². The highest BCUT2D eigenvalue weighted by Crippen LogP contribution is 2.28. The number of nitrogens with one attached hydrogen (secondary N) is 2. The smallest absolute Gasteiger partial charge is 0.251 e. The average molecular weight is 354 g/mol. The van der Waals surface area contributed by atoms with Gasteiger partial charge in [0.2, 0.25) is 0 Å². The summed E-state index contributed by atoms with van der Waals surface area (Å²) in [6.45, 7) is 5.89. The Balaban J connectivity index is 1.34. The molecule has 138 valence electrons. The molecular formula is C19H26N6O. The molecule has 1 saturated heterocycles. The molecule has 7 heteroatoms. The summed E-state index contributed by atoms with van der Waals surface area (Å²) in [5.74, 6) is 2.73. The van der Waals surface area contributed by atoms with Gasteiger partial charge in [0, 0.05) is 38.2 Å². The molecule has 3 heterocycles. The SMILES string of the molecule is CNC(=O)c1ccc(CN2CCC(c3nnc4n3CCNC4)CC2)cc1. The second kappa shape index (κ2) is 7.55. The van der Waals surface area contributed by atoms with E-state index in [0.717, 1.165) is 57.9 Å². The van der Waals surface area contributed by atoms with E-state index < -0.39 is 0 Å². The third kappa shape index (κ3) is 3.50. The van der Waals surface area contributed by atoms with Crippen LogP contribution in [0.15, 0.2) is 24.3 Å². The summed E-state index contributed by atoms with van der Waals surface area (Å²) in [4.78, 5) is 14.1. The van der Waals surface area contributed by atoms with Gasteiger partial charge < -0.3 is 15.2 Å². The Morgan fingerprint density at radius 2 is 1.96 bits per heavy atom. The molecule has 0 saturated carbocycles. The van der Waals surface area contributed by atoms with Crippen molar-refractivity contribution >= 4 is 5.91 Å². The molecule has 0 bridgehead atoms. The van der Waals surface area contributed by atoms with Gasteiger partial charge in [0.05, 0.1) is 6.54 Å². The number of benzene rings is 1. The van der Waals surface area contributed by atoms with E-state index in [1.807, 2.05) is 12.1 Å². The van der Waals surface area contributed by atoms with E-state index in [0.29, 0.717) is 11.5 Å². The number of aromatic nitrogens is 3. The van der Waals surface area contributed by atoms with Crippen LogP contribution in [0, 0.1) is 0 Å². The number of nitrogens with zero attached hydrogens (tertiary/aromatic N) is 4. The molecule has 2 aliphatic heterocycles. The van der Waals surface area contributed by atoms with E-state index >= 15 is 0 Å². The normalized spacial score (nSPS) is 18.5. The van der Waals surface area contributed by atoms with Crippen LogP contribution in [0.4, 0.5) is 0 Å². The lowest BCUT2D eigenvalue weighted by atomic mass is 9.95. The molecule has 0 radical (unpaired) electrons. The number of rotatable bonds is 4. The molecule has 1 aromatic carbocycles. The number of carbonyl (C=O) groups is 1. The zero-order valence-electron chi connectivity index (χ0n) is 15.2. The predicted molar refractivity (Wildman–Crippen MR) is 98.8 cm³/mol. The first kappa shape index (κ1) is 17.2. The Morgan fingerprint density at radius 1 is 1.19 bits per heavy atom. The topological polar surface area (TPSA) is 75.1 Å². The third-order valence-electron chi connectivity index (χ3n) is 5.45. The van der Waals surface area contributed by atoms with Crippen LogP contribution in [0.3, 0.4) is 0 Å². The molecule has 4 rings (SSSR count). The third-order valence-corrected chi connectivity index (χ3v) is 5.45. The molecule has 0 aliphatic carbocycles. The first-order valence-electron chi connectivity index (χ1n) is 9.40. The Hall–Kier alpha value is -2.25. The van der Waals surface area contributed by atoms with E-state index in [1.54, 1.807) is 7.05 Å². The Bertz CT molecular complexity index is 761. The molecule has 1 aromatic heterocycles. The van der Waals surface area contributed by atoms with E-state index in [-0.39, 0.29) is 5.91 Å². The van der Waals surface area contributed by atoms with E-state index in [9.17, 15) is 4.79 Å². The summed E-state index contributed by atoms with van der Waals surface area (Å²) >= 11 is 0. The van der Waals surface area contributed by atoms with Gasteiger partial charge in [-0.3, -0.25) is 9.69 Å². The quantitative estimate of drug-likeness (QED) is 0.861. The molecule has 0 unspecified atom stereocenters. The molecular weight excluding hydrogens is 328 g/mol. The van der Waals surface area contributed by atoms with Crippen molar-refractivity contribution in [2.45, 2.75) is 38.4 Å². The van der Waals surface area contributed by atoms with Crippen LogP contribution in [0.1, 0.15) is 46.3 Å². The van der Waals surface area contributed by atoms with Crippen LogP contribution in [0.25, 0.3) is 0 Å². The van der Waals surface area contributed by atoms with Crippen molar-refractivity contribution in [3.05, 3.63) is 47.0 Å². The van der Waals surface area contributed by atoms with Crippen molar-refractivity contribution in [3.63, 3.8) is 0 Å². The van der Waals surface area contributed by atoms with Gasteiger partial charge in [0.15, 0.2) is 0 Å². The van der Waals surface area contributed by atoms with E-state index in [4.69, 9.17) is 0 Å². The molecule has 26 heavy (non-hydrogen) atoms. The van der Waals surface area contributed by atoms with Gasteiger partial charge in [0.25, 0.3) is 5.91 Å². The Kier molecular flexibility index (Phi) is 4.99. The number of hydrogen-bond donors (Lipinski definition) is 2. The minimum Gasteiger partial charge on any atom is -0.355 e. The Labute approximate surface area is 153 Å². The average Bonchev–Trinajstić information content (AvgIpc) is 3.13. The molecule has 7 nitrogen and oxygen atoms in total. The maximum Gasteiger partial charge on any atom is 0.251 e. The number of amides is 1. The van der Waals surface area contributed by atoms with Crippen molar-refractivity contribution in [2.75, 3.05) is 26.7 Å². The highest BCUT2D eigenvalue weighted by Gasteiger charge is 2.26. The molecule has 0 atom stereocenters. The lowest BCUT2D eigenvalue weighted by molar-refractivity contribution is 0.0963. The van der Waals surface area contributed by atoms with Crippen molar-refractivity contribution in [1.29, 1.82) is 0 Å². The highest BCUT2D eigenvalue weighted by atomic mass is 16.1. The van der Waals surface area contributed by atoms with Gasteiger partial charge in [-0.1, -0.05) is 12.1 Å². The van der Waals surface area contributed by atoms with Gasteiger partial charge >= 0.3 is 0 Å². The van der Waals surface area contributed by atoms with Crippen LogP contribution < -0.4 is 10.6 Å². The van der Waals surface area contributed by atoms with Crippen molar-refractivity contribution in [2.24, 2.45) is 0 Å². The van der Waals surface area contributed by atoms with E-state index in [1.165, 1.54) is 11.4 Å². The molecule has 0 spiro atoms. The fourth-order valence-corrected chi connectivity index (χ4v) is 3.93. The maximum atomic E-state index is 11.6. The number of carbonyl (C=O) groups excluding carboxylic acids is 1. The van der Waals surface area contributed by atoms with Crippen LogP contribution in [-0.4, -0.2) is 52.3 Å². The molecule has 2 N–H and O–H groups in total. The van der Waals surface area contributed by atoms with Gasteiger partial charge in [-0.15, -0.1) is 10.2 Å². The summed E-state index contributed by atoms with van der Waals surface area (Å²) < 4.78 is 2.31. The Morgan fingerprint density at radius 3 is 2.69 bits per heavy atom. The molecule has 1 fully saturated rings. The second-order valence-corrected chi connectivity index (χ2v) is 7.13. The number of likely N-dealkylation sites (tertiary alicyclic amines) is 1. The van der Waals surface area contributed by atoms with Gasteiger partial charge in [-0.05, 0) is 43.6 Å². The maximum absolute atomic E-state index is 11.6. The van der Waals surface area contributed by atoms with Crippen LogP contribution in [-0.2, 0) is 19.6 Å².